The van der Waals surface area contributed by atoms with Gasteiger partial charge in [-0.3, -0.25) is 5.10 Å². The Morgan fingerprint density at radius 1 is 1.20 bits per heavy atom. The highest BCUT2D eigenvalue weighted by Gasteiger charge is 2.33. The third-order valence-electron chi connectivity index (χ3n) is 4.75. The average molecular weight is 398 g/mol. The van der Waals surface area contributed by atoms with Crippen molar-refractivity contribution in [1.29, 1.82) is 5.26 Å². The Balaban J connectivity index is 1.61. The summed E-state index contributed by atoms with van der Waals surface area (Å²) < 4.78 is 0.620. The molecular weight excluding hydrogens is 382 g/mol. The van der Waals surface area contributed by atoms with Crippen LogP contribution in [0.3, 0.4) is 0 Å². The molecule has 1 saturated heterocycles. The highest BCUT2D eigenvalue weighted by Crippen LogP contribution is 2.32. The molecule has 25 heavy (non-hydrogen) atoms. The van der Waals surface area contributed by atoms with Crippen molar-refractivity contribution in [2.45, 2.75) is 18.4 Å². The van der Waals surface area contributed by atoms with Crippen LogP contribution in [0, 0.1) is 11.3 Å². The predicted octanol–water partition coefficient (Wildman–Crippen LogP) is 2.44. The topological polar surface area (TPSA) is 108 Å². The van der Waals surface area contributed by atoms with Crippen LogP contribution in [0.15, 0.2) is 34.9 Å². The van der Waals surface area contributed by atoms with Gasteiger partial charge in [0.1, 0.15) is 10.7 Å². The molecule has 0 amide bonds. The van der Waals surface area contributed by atoms with Gasteiger partial charge in [0.05, 0.1) is 5.39 Å². The SMILES string of the molecule is N#Cc1nc(N2CCC(N)(c3ccccc3)CC2)nc2n[nH]c(Br)c12. The van der Waals surface area contributed by atoms with Crippen LogP contribution in [-0.2, 0) is 5.54 Å². The molecule has 0 radical (unpaired) electrons. The van der Waals surface area contributed by atoms with E-state index in [0.29, 0.717) is 27.3 Å². The third kappa shape index (κ3) is 2.75. The number of hydrogen-bond acceptors (Lipinski definition) is 6. The van der Waals surface area contributed by atoms with Gasteiger partial charge in [-0.1, -0.05) is 30.3 Å². The number of H-pyrrole nitrogens is 1. The standard InChI is InChI=1S/C17H16BrN7/c18-14-13-12(10-19)21-16(22-15(13)24-23-14)25-8-6-17(20,7-9-25)11-4-2-1-3-5-11/h1-5H,6-9,20H2,(H,21,22,23,24). The normalized spacial score (nSPS) is 16.8. The summed E-state index contributed by atoms with van der Waals surface area (Å²) in [6, 6.07) is 12.3. The lowest BCUT2D eigenvalue weighted by Gasteiger charge is -2.39. The lowest BCUT2D eigenvalue weighted by molar-refractivity contribution is 0.340. The molecule has 0 spiro atoms. The Hall–Kier alpha value is -2.50. The summed E-state index contributed by atoms with van der Waals surface area (Å²) in [5.41, 5.74) is 8.24. The fourth-order valence-corrected chi connectivity index (χ4v) is 3.72. The maximum absolute atomic E-state index is 9.39. The average Bonchev–Trinajstić information content (AvgIpc) is 3.03. The number of nitrogens with two attached hydrogens (primary N) is 1. The number of nitrogens with zero attached hydrogens (tertiary/aromatic N) is 5. The molecule has 0 unspecified atom stereocenters. The molecule has 1 fully saturated rings. The smallest absolute Gasteiger partial charge is 0.228 e. The minimum absolute atomic E-state index is 0.313. The van der Waals surface area contributed by atoms with Gasteiger partial charge in [0, 0.05) is 18.6 Å². The van der Waals surface area contributed by atoms with E-state index in [-0.39, 0.29) is 5.54 Å². The molecule has 0 aliphatic carbocycles. The fraction of sp³-hybridized carbons (Fsp3) is 0.294. The van der Waals surface area contributed by atoms with Crippen LogP contribution < -0.4 is 10.6 Å². The van der Waals surface area contributed by atoms with Crippen molar-refractivity contribution in [3.63, 3.8) is 0 Å². The molecular formula is C17H16BrN7. The molecule has 3 heterocycles. The van der Waals surface area contributed by atoms with Crippen LogP contribution in [0.4, 0.5) is 5.95 Å². The van der Waals surface area contributed by atoms with Crippen LogP contribution in [0.5, 0.6) is 0 Å². The molecule has 8 heteroatoms. The summed E-state index contributed by atoms with van der Waals surface area (Å²) in [6.07, 6.45) is 1.59. The molecule has 7 nitrogen and oxygen atoms in total. The lowest BCUT2D eigenvalue weighted by Crippen LogP contribution is -2.48. The maximum Gasteiger partial charge on any atom is 0.228 e. The fourth-order valence-electron chi connectivity index (χ4n) is 3.27. The van der Waals surface area contributed by atoms with Crippen molar-refractivity contribution in [3.8, 4) is 6.07 Å². The molecule has 1 aliphatic heterocycles. The van der Waals surface area contributed by atoms with Crippen LogP contribution in [0.25, 0.3) is 11.0 Å². The Morgan fingerprint density at radius 2 is 1.92 bits per heavy atom. The number of aromatic nitrogens is 4. The first-order chi connectivity index (χ1) is 12.1. The van der Waals surface area contributed by atoms with E-state index in [1.807, 2.05) is 18.2 Å². The molecule has 0 saturated carbocycles. The number of rotatable bonds is 2. The Kier molecular flexibility index (Phi) is 3.90. The first kappa shape index (κ1) is 16.0. The first-order valence-electron chi connectivity index (χ1n) is 8.02. The second-order valence-corrected chi connectivity index (χ2v) is 7.02. The van der Waals surface area contributed by atoms with Gasteiger partial charge in [0.25, 0.3) is 0 Å². The summed E-state index contributed by atoms with van der Waals surface area (Å²) in [5, 5.41) is 16.9. The predicted molar refractivity (Wildman–Crippen MR) is 97.9 cm³/mol. The van der Waals surface area contributed by atoms with Gasteiger partial charge in [0.2, 0.25) is 5.95 Å². The van der Waals surface area contributed by atoms with Crippen molar-refractivity contribution < 1.29 is 0 Å². The van der Waals surface area contributed by atoms with Crippen LogP contribution in [-0.4, -0.2) is 33.3 Å². The number of aromatic amines is 1. The Morgan fingerprint density at radius 3 is 2.60 bits per heavy atom. The van der Waals surface area contributed by atoms with Crippen LogP contribution >= 0.6 is 15.9 Å². The van der Waals surface area contributed by atoms with Crippen molar-refractivity contribution in [2.24, 2.45) is 5.73 Å². The summed E-state index contributed by atoms with van der Waals surface area (Å²) in [4.78, 5) is 11.0. The second kappa shape index (κ2) is 6.10. The maximum atomic E-state index is 9.39. The van der Waals surface area contributed by atoms with Gasteiger partial charge in [-0.05, 0) is 34.3 Å². The van der Waals surface area contributed by atoms with E-state index in [9.17, 15) is 5.26 Å². The number of piperidine rings is 1. The molecule has 1 aliphatic rings. The highest BCUT2D eigenvalue weighted by molar-refractivity contribution is 9.10. The number of fused-ring (bicyclic) bond motifs is 1. The van der Waals surface area contributed by atoms with E-state index in [2.05, 4.69) is 59.2 Å². The van der Waals surface area contributed by atoms with Gasteiger partial charge in [-0.2, -0.15) is 15.3 Å². The van der Waals surface area contributed by atoms with E-state index in [1.54, 1.807) is 0 Å². The summed E-state index contributed by atoms with van der Waals surface area (Å²) in [7, 11) is 0. The zero-order valence-electron chi connectivity index (χ0n) is 13.4. The molecule has 126 valence electrons. The number of anilines is 1. The first-order valence-corrected chi connectivity index (χ1v) is 8.81. The summed E-state index contributed by atoms with van der Waals surface area (Å²) in [5.74, 6) is 0.526. The van der Waals surface area contributed by atoms with E-state index in [1.165, 1.54) is 0 Å². The number of halogens is 1. The van der Waals surface area contributed by atoms with Gasteiger partial charge in [0.15, 0.2) is 11.3 Å². The molecule has 3 N–H and O–H groups in total. The van der Waals surface area contributed by atoms with Crippen molar-refractivity contribution in [3.05, 3.63) is 46.2 Å². The van der Waals surface area contributed by atoms with Crippen molar-refractivity contribution >= 4 is 32.9 Å². The largest absolute Gasteiger partial charge is 0.341 e. The number of nitrogens with one attached hydrogen (secondary N) is 1. The summed E-state index contributed by atoms with van der Waals surface area (Å²) in [6.45, 7) is 1.46. The van der Waals surface area contributed by atoms with Gasteiger partial charge >= 0.3 is 0 Å². The highest BCUT2D eigenvalue weighted by atomic mass is 79.9. The minimum atomic E-state index is -0.338. The van der Waals surface area contributed by atoms with Gasteiger partial charge in [-0.15, -0.1) is 0 Å². The van der Waals surface area contributed by atoms with E-state index >= 15 is 0 Å². The zero-order chi connectivity index (χ0) is 17.4. The lowest BCUT2D eigenvalue weighted by atomic mass is 9.82. The Bertz CT molecular complexity index is 952. The third-order valence-corrected chi connectivity index (χ3v) is 5.32. The molecule has 2 aromatic heterocycles. The van der Waals surface area contributed by atoms with Crippen molar-refractivity contribution in [1.82, 2.24) is 20.2 Å². The molecule has 4 rings (SSSR count). The van der Waals surface area contributed by atoms with Gasteiger partial charge < -0.3 is 10.6 Å². The van der Waals surface area contributed by atoms with Gasteiger partial charge in [-0.25, -0.2) is 4.98 Å². The number of hydrogen-bond donors (Lipinski definition) is 2. The second-order valence-electron chi connectivity index (χ2n) is 6.23. The molecule has 0 bridgehead atoms. The minimum Gasteiger partial charge on any atom is -0.341 e. The van der Waals surface area contributed by atoms with E-state index in [4.69, 9.17) is 5.73 Å². The van der Waals surface area contributed by atoms with E-state index in [0.717, 1.165) is 31.5 Å². The van der Waals surface area contributed by atoms with Crippen LogP contribution in [0.1, 0.15) is 24.1 Å². The molecule has 1 aromatic carbocycles. The van der Waals surface area contributed by atoms with E-state index < -0.39 is 0 Å². The quantitative estimate of drug-likeness (QED) is 0.687. The number of benzene rings is 1. The summed E-state index contributed by atoms with van der Waals surface area (Å²) >= 11 is 3.34. The van der Waals surface area contributed by atoms with Crippen LogP contribution in [0.2, 0.25) is 0 Å². The molecule has 3 aromatic rings. The Labute approximate surface area is 153 Å². The monoisotopic (exact) mass is 397 g/mol. The van der Waals surface area contributed by atoms with Crippen molar-refractivity contribution in [2.75, 3.05) is 18.0 Å². The zero-order valence-corrected chi connectivity index (χ0v) is 15.0. The molecule has 0 atom stereocenters. The number of nitriles is 1.